The van der Waals surface area contributed by atoms with Crippen LogP contribution >= 0.6 is 0 Å². The summed E-state index contributed by atoms with van der Waals surface area (Å²) in [5.74, 6) is -4.43. The third-order valence-corrected chi connectivity index (χ3v) is 1.69. The van der Waals surface area contributed by atoms with Crippen LogP contribution in [0.25, 0.3) is 0 Å². The molecule has 0 amide bonds. The van der Waals surface area contributed by atoms with Gasteiger partial charge in [-0.1, -0.05) is 0 Å². The SMILES string of the molecule is COC(C)C(=O)C(C(C)=O)C(=O)O. The normalized spacial score (nSPS) is 14.7. The molecular formula is C8H12O5. The quantitative estimate of drug-likeness (QED) is 0.608. The van der Waals surface area contributed by atoms with Crippen molar-refractivity contribution in [2.24, 2.45) is 5.92 Å². The second kappa shape index (κ2) is 4.71. The Morgan fingerprint density at radius 3 is 2.00 bits per heavy atom. The maximum atomic E-state index is 11.2. The van der Waals surface area contributed by atoms with Crippen LogP contribution in [-0.4, -0.2) is 35.9 Å². The van der Waals surface area contributed by atoms with E-state index in [0.717, 1.165) is 6.92 Å². The maximum absolute atomic E-state index is 11.2. The Balaban J connectivity index is 4.66. The number of carbonyl (C=O) groups is 3. The van der Waals surface area contributed by atoms with E-state index in [-0.39, 0.29) is 0 Å². The number of methoxy groups -OCH3 is 1. The molecule has 0 heterocycles. The van der Waals surface area contributed by atoms with Crippen LogP contribution < -0.4 is 0 Å². The third kappa shape index (κ3) is 2.95. The van der Waals surface area contributed by atoms with Gasteiger partial charge in [-0.3, -0.25) is 14.4 Å². The molecule has 0 aliphatic carbocycles. The zero-order chi connectivity index (χ0) is 10.6. The molecular weight excluding hydrogens is 176 g/mol. The number of rotatable bonds is 5. The number of carboxylic acid groups (broad SMARTS) is 1. The Bertz CT molecular complexity index is 219. The molecule has 13 heavy (non-hydrogen) atoms. The molecule has 0 saturated heterocycles. The van der Waals surface area contributed by atoms with Crippen molar-refractivity contribution in [1.29, 1.82) is 0 Å². The van der Waals surface area contributed by atoms with Crippen LogP contribution in [0.5, 0.6) is 0 Å². The van der Waals surface area contributed by atoms with Crippen molar-refractivity contribution in [2.45, 2.75) is 20.0 Å². The summed E-state index contributed by atoms with van der Waals surface area (Å²) in [7, 11) is 1.28. The Morgan fingerprint density at radius 1 is 1.31 bits per heavy atom. The Hall–Kier alpha value is -1.23. The fourth-order valence-corrected chi connectivity index (χ4v) is 0.847. The Morgan fingerprint density at radius 2 is 1.77 bits per heavy atom. The van der Waals surface area contributed by atoms with E-state index in [4.69, 9.17) is 5.11 Å². The van der Waals surface area contributed by atoms with Crippen LogP contribution in [0, 0.1) is 5.92 Å². The van der Waals surface area contributed by atoms with Crippen LogP contribution in [0.3, 0.4) is 0 Å². The summed E-state index contributed by atoms with van der Waals surface area (Å²) >= 11 is 0. The van der Waals surface area contributed by atoms with Crippen molar-refractivity contribution in [2.75, 3.05) is 7.11 Å². The predicted octanol–water partition coefficient (Wildman–Crippen LogP) is -0.120. The van der Waals surface area contributed by atoms with Gasteiger partial charge in [-0.05, 0) is 13.8 Å². The highest BCUT2D eigenvalue weighted by atomic mass is 16.5. The molecule has 0 rings (SSSR count). The summed E-state index contributed by atoms with van der Waals surface area (Å²) < 4.78 is 4.63. The van der Waals surface area contributed by atoms with Crippen molar-refractivity contribution < 1.29 is 24.2 Å². The number of Topliss-reactive ketones (excluding diaryl/α,β-unsaturated/α-hetero) is 2. The molecule has 2 atom stereocenters. The van der Waals surface area contributed by atoms with Crippen LogP contribution in [-0.2, 0) is 19.1 Å². The summed E-state index contributed by atoms with van der Waals surface area (Å²) in [5.41, 5.74) is 0. The number of ketones is 2. The van der Waals surface area contributed by atoms with E-state index in [1.807, 2.05) is 0 Å². The first-order valence-corrected chi connectivity index (χ1v) is 3.71. The van der Waals surface area contributed by atoms with Crippen molar-refractivity contribution in [1.82, 2.24) is 0 Å². The first-order valence-electron chi connectivity index (χ1n) is 3.71. The largest absolute Gasteiger partial charge is 0.480 e. The van der Waals surface area contributed by atoms with Gasteiger partial charge in [-0.2, -0.15) is 0 Å². The molecule has 0 aromatic heterocycles. The minimum absolute atomic E-state index is 0.679. The van der Waals surface area contributed by atoms with Gasteiger partial charge in [0.15, 0.2) is 17.5 Å². The van der Waals surface area contributed by atoms with Gasteiger partial charge in [-0.15, -0.1) is 0 Å². The summed E-state index contributed by atoms with van der Waals surface area (Å²) in [5, 5.41) is 8.56. The predicted molar refractivity (Wildman–Crippen MR) is 43.3 cm³/mol. The summed E-state index contributed by atoms with van der Waals surface area (Å²) in [6, 6.07) is 0. The number of carbonyl (C=O) groups excluding carboxylic acids is 2. The lowest BCUT2D eigenvalue weighted by atomic mass is 9.97. The van der Waals surface area contributed by atoms with Crippen LogP contribution in [0.4, 0.5) is 0 Å². The molecule has 0 fully saturated rings. The van der Waals surface area contributed by atoms with Crippen molar-refractivity contribution in [3.05, 3.63) is 0 Å². The van der Waals surface area contributed by atoms with Crippen molar-refractivity contribution in [3.63, 3.8) is 0 Å². The van der Waals surface area contributed by atoms with E-state index in [1.165, 1.54) is 14.0 Å². The topological polar surface area (TPSA) is 80.7 Å². The first-order chi connectivity index (χ1) is 5.91. The molecule has 0 radical (unpaired) electrons. The Kier molecular flexibility index (Phi) is 4.27. The lowest BCUT2D eigenvalue weighted by molar-refractivity contribution is -0.152. The number of hydrogen-bond donors (Lipinski definition) is 1. The molecule has 0 spiro atoms. The highest BCUT2D eigenvalue weighted by Crippen LogP contribution is 2.06. The lowest BCUT2D eigenvalue weighted by Gasteiger charge is -2.12. The zero-order valence-corrected chi connectivity index (χ0v) is 7.73. The van der Waals surface area contributed by atoms with Gasteiger partial charge in [0.2, 0.25) is 0 Å². The van der Waals surface area contributed by atoms with Gasteiger partial charge >= 0.3 is 5.97 Å². The van der Waals surface area contributed by atoms with Gasteiger partial charge in [0.25, 0.3) is 0 Å². The standard InChI is InChI=1S/C8H12O5/c1-4(9)6(8(11)12)7(10)5(2)13-3/h5-6H,1-3H3,(H,11,12). The van der Waals surface area contributed by atoms with E-state index in [9.17, 15) is 14.4 Å². The zero-order valence-electron chi connectivity index (χ0n) is 7.73. The Labute approximate surface area is 75.7 Å². The van der Waals surface area contributed by atoms with Crippen LogP contribution in [0.2, 0.25) is 0 Å². The van der Waals surface area contributed by atoms with Crippen LogP contribution in [0.15, 0.2) is 0 Å². The molecule has 0 aromatic carbocycles. The second-order valence-corrected chi connectivity index (χ2v) is 2.66. The number of ether oxygens (including phenoxy) is 1. The van der Waals surface area contributed by atoms with Gasteiger partial charge in [0.1, 0.15) is 6.10 Å². The van der Waals surface area contributed by atoms with E-state index in [1.54, 1.807) is 0 Å². The molecule has 0 bridgehead atoms. The molecule has 0 saturated carbocycles. The highest BCUT2D eigenvalue weighted by molar-refractivity contribution is 6.17. The van der Waals surface area contributed by atoms with Gasteiger partial charge in [-0.25, -0.2) is 0 Å². The maximum Gasteiger partial charge on any atom is 0.321 e. The molecule has 74 valence electrons. The fraction of sp³-hybridized carbons (Fsp3) is 0.625. The second-order valence-electron chi connectivity index (χ2n) is 2.66. The number of carboxylic acids is 1. The third-order valence-electron chi connectivity index (χ3n) is 1.69. The summed E-state index contributed by atoms with van der Waals surface area (Å²) in [6.07, 6.45) is -0.870. The smallest absolute Gasteiger partial charge is 0.321 e. The average Bonchev–Trinajstić information content (AvgIpc) is 2.01. The van der Waals surface area contributed by atoms with Crippen LogP contribution in [0.1, 0.15) is 13.8 Å². The highest BCUT2D eigenvalue weighted by Gasteiger charge is 2.33. The molecule has 5 nitrogen and oxygen atoms in total. The van der Waals surface area contributed by atoms with Gasteiger partial charge in [0, 0.05) is 7.11 Å². The molecule has 0 aliphatic heterocycles. The minimum atomic E-state index is -1.60. The van der Waals surface area contributed by atoms with Crippen molar-refractivity contribution in [3.8, 4) is 0 Å². The minimum Gasteiger partial charge on any atom is -0.480 e. The van der Waals surface area contributed by atoms with Gasteiger partial charge in [0.05, 0.1) is 0 Å². The summed E-state index contributed by atoms with van der Waals surface area (Å²) in [6.45, 7) is 2.47. The van der Waals surface area contributed by atoms with Crippen molar-refractivity contribution >= 4 is 17.5 Å². The van der Waals surface area contributed by atoms with Gasteiger partial charge < -0.3 is 9.84 Å². The first kappa shape index (κ1) is 11.8. The van der Waals surface area contributed by atoms with E-state index in [2.05, 4.69) is 4.74 Å². The summed E-state index contributed by atoms with van der Waals surface area (Å²) in [4.78, 5) is 32.5. The molecule has 0 aliphatic rings. The average molecular weight is 188 g/mol. The number of hydrogen-bond acceptors (Lipinski definition) is 4. The van der Waals surface area contributed by atoms with E-state index < -0.39 is 29.6 Å². The molecule has 0 aromatic rings. The lowest BCUT2D eigenvalue weighted by Crippen LogP contribution is -2.37. The fourth-order valence-electron chi connectivity index (χ4n) is 0.847. The van der Waals surface area contributed by atoms with E-state index in [0.29, 0.717) is 0 Å². The molecule has 1 N–H and O–H groups in total. The van der Waals surface area contributed by atoms with E-state index >= 15 is 0 Å². The molecule has 2 unspecified atom stereocenters. The monoisotopic (exact) mass is 188 g/mol. The number of aliphatic carboxylic acids is 1. The molecule has 5 heteroatoms.